The van der Waals surface area contributed by atoms with Gasteiger partial charge in [0.2, 0.25) is 0 Å². The highest BCUT2D eigenvalue weighted by molar-refractivity contribution is 8.13. The van der Waals surface area contributed by atoms with Crippen LogP contribution < -0.4 is 0 Å². The van der Waals surface area contributed by atoms with E-state index < -0.39 is 0 Å². The Kier molecular flexibility index (Phi) is 5.32. The van der Waals surface area contributed by atoms with Gasteiger partial charge in [-0.25, -0.2) is 0 Å². The van der Waals surface area contributed by atoms with Crippen molar-refractivity contribution in [1.29, 1.82) is 0 Å². The minimum absolute atomic E-state index is 0.396. The van der Waals surface area contributed by atoms with Crippen LogP contribution in [0.3, 0.4) is 0 Å². The second-order valence-corrected chi connectivity index (χ2v) is 6.56. The van der Waals surface area contributed by atoms with Crippen LogP contribution in [0.1, 0.15) is 38.8 Å². The van der Waals surface area contributed by atoms with E-state index in [2.05, 4.69) is 56.0 Å². The molecule has 0 aromatic heterocycles. The minimum Gasteiger partial charge on any atom is -0.344 e. The molecule has 3 heteroatoms. The lowest BCUT2D eigenvalue weighted by atomic mass is 10.1. The van der Waals surface area contributed by atoms with Crippen LogP contribution in [0, 0.1) is 5.92 Å². The number of hydrogen-bond acceptors (Lipinski definition) is 3. The highest BCUT2D eigenvalue weighted by Crippen LogP contribution is 2.27. The molecule has 0 N–H and O–H groups in total. The molecule has 1 unspecified atom stereocenters. The number of hydrogen-bond donors (Lipinski definition) is 0. The molecule has 1 aromatic carbocycles. The molecule has 0 aliphatic carbocycles. The standard InChI is InChI=1S/C16H24N2S/c1-13(2)12-18(16-17-10-7-11-19-16)14(3)15-8-5-4-6-9-15/h4-6,8-9,13-14H,7,10-12H2,1-3H3. The van der Waals surface area contributed by atoms with E-state index in [4.69, 9.17) is 4.99 Å². The smallest absolute Gasteiger partial charge is 0.159 e. The van der Waals surface area contributed by atoms with E-state index in [1.54, 1.807) is 0 Å². The predicted octanol–water partition coefficient (Wildman–Crippen LogP) is 4.20. The highest BCUT2D eigenvalue weighted by atomic mass is 32.2. The van der Waals surface area contributed by atoms with Gasteiger partial charge in [0.05, 0.1) is 6.04 Å². The molecule has 0 amide bonds. The van der Waals surface area contributed by atoms with Gasteiger partial charge in [0.25, 0.3) is 0 Å². The van der Waals surface area contributed by atoms with Crippen molar-refractivity contribution >= 4 is 16.9 Å². The molecule has 0 radical (unpaired) electrons. The van der Waals surface area contributed by atoms with Crippen LogP contribution in [0.25, 0.3) is 0 Å². The number of benzene rings is 1. The molecule has 0 saturated carbocycles. The van der Waals surface area contributed by atoms with Crippen molar-refractivity contribution in [3.05, 3.63) is 35.9 Å². The monoisotopic (exact) mass is 276 g/mol. The molecule has 1 aliphatic heterocycles. The van der Waals surface area contributed by atoms with Gasteiger partial charge in [0.1, 0.15) is 0 Å². The average Bonchev–Trinajstić information content (AvgIpc) is 2.46. The van der Waals surface area contributed by atoms with Crippen molar-refractivity contribution in [2.45, 2.75) is 33.2 Å². The van der Waals surface area contributed by atoms with E-state index >= 15 is 0 Å². The molecule has 2 nitrogen and oxygen atoms in total. The number of aliphatic imine (C=N–C) groups is 1. The lowest BCUT2D eigenvalue weighted by molar-refractivity contribution is 0.304. The van der Waals surface area contributed by atoms with Crippen molar-refractivity contribution in [1.82, 2.24) is 4.90 Å². The normalized spacial score (nSPS) is 17.2. The summed E-state index contributed by atoms with van der Waals surface area (Å²) in [5.41, 5.74) is 1.37. The van der Waals surface area contributed by atoms with Crippen molar-refractivity contribution in [3.63, 3.8) is 0 Å². The Balaban J connectivity index is 2.19. The van der Waals surface area contributed by atoms with Crippen LogP contribution >= 0.6 is 11.8 Å². The first-order valence-corrected chi connectivity index (χ1v) is 8.16. The molecule has 104 valence electrons. The third-order valence-corrected chi connectivity index (χ3v) is 4.45. The summed E-state index contributed by atoms with van der Waals surface area (Å²) < 4.78 is 0. The zero-order valence-electron chi connectivity index (χ0n) is 12.2. The van der Waals surface area contributed by atoms with Crippen LogP contribution in [-0.4, -0.2) is 28.9 Å². The summed E-state index contributed by atoms with van der Waals surface area (Å²) in [4.78, 5) is 7.21. The summed E-state index contributed by atoms with van der Waals surface area (Å²) in [6.45, 7) is 8.90. The van der Waals surface area contributed by atoms with E-state index in [-0.39, 0.29) is 0 Å². The van der Waals surface area contributed by atoms with Crippen molar-refractivity contribution in [3.8, 4) is 0 Å². The fraction of sp³-hybridized carbons (Fsp3) is 0.562. The first-order chi connectivity index (χ1) is 9.18. The molecule has 0 bridgehead atoms. The SMILES string of the molecule is CC(C)CN(C1=NCCCS1)C(C)c1ccccc1. The molecule has 1 aromatic rings. The maximum Gasteiger partial charge on any atom is 0.159 e. The molecule has 1 atom stereocenters. The first-order valence-electron chi connectivity index (χ1n) is 7.17. The maximum atomic E-state index is 4.73. The lowest BCUT2D eigenvalue weighted by Crippen LogP contribution is -2.36. The summed E-state index contributed by atoms with van der Waals surface area (Å²) in [5, 5.41) is 1.23. The molecule has 0 spiro atoms. The second-order valence-electron chi connectivity index (χ2n) is 5.50. The number of amidine groups is 1. The Morgan fingerprint density at radius 1 is 1.21 bits per heavy atom. The van der Waals surface area contributed by atoms with Crippen LogP contribution in [0.5, 0.6) is 0 Å². The third-order valence-electron chi connectivity index (χ3n) is 3.34. The van der Waals surface area contributed by atoms with E-state index in [1.807, 2.05) is 11.8 Å². The number of rotatable bonds is 4. The molecule has 0 fully saturated rings. The number of thioether (sulfide) groups is 1. The number of nitrogens with zero attached hydrogens (tertiary/aromatic N) is 2. The Labute approximate surface area is 121 Å². The van der Waals surface area contributed by atoms with E-state index in [1.165, 1.54) is 22.9 Å². The molecular formula is C16H24N2S. The van der Waals surface area contributed by atoms with E-state index in [0.29, 0.717) is 12.0 Å². The minimum atomic E-state index is 0.396. The molecule has 1 aliphatic rings. The maximum absolute atomic E-state index is 4.73. The van der Waals surface area contributed by atoms with Gasteiger partial charge in [-0.1, -0.05) is 55.9 Å². The molecular weight excluding hydrogens is 252 g/mol. The van der Waals surface area contributed by atoms with E-state index in [0.717, 1.165) is 13.1 Å². The van der Waals surface area contributed by atoms with Gasteiger partial charge in [0, 0.05) is 18.8 Å². The van der Waals surface area contributed by atoms with Gasteiger partial charge < -0.3 is 4.90 Å². The third kappa shape index (κ3) is 4.00. The summed E-state index contributed by atoms with van der Waals surface area (Å²) in [7, 11) is 0. The van der Waals surface area contributed by atoms with Crippen LogP contribution in [0.4, 0.5) is 0 Å². The van der Waals surface area contributed by atoms with Gasteiger partial charge in [0.15, 0.2) is 5.17 Å². The van der Waals surface area contributed by atoms with Gasteiger partial charge in [-0.2, -0.15) is 0 Å². The van der Waals surface area contributed by atoms with Gasteiger partial charge >= 0.3 is 0 Å². The largest absolute Gasteiger partial charge is 0.344 e. The van der Waals surface area contributed by atoms with E-state index in [9.17, 15) is 0 Å². The van der Waals surface area contributed by atoms with Crippen LogP contribution in [0.15, 0.2) is 35.3 Å². The predicted molar refractivity (Wildman–Crippen MR) is 85.8 cm³/mol. The highest BCUT2D eigenvalue weighted by Gasteiger charge is 2.22. The fourth-order valence-electron chi connectivity index (χ4n) is 2.33. The molecule has 0 saturated heterocycles. The molecule has 1 heterocycles. The molecule has 2 rings (SSSR count). The topological polar surface area (TPSA) is 15.6 Å². The van der Waals surface area contributed by atoms with Crippen molar-refractivity contribution < 1.29 is 0 Å². The summed E-state index contributed by atoms with van der Waals surface area (Å²) in [5.74, 6) is 1.85. The Hall–Kier alpha value is -0.960. The summed E-state index contributed by atoms with van der Waals surface area (Å²) in [6, 6.07) is 11.1. The van der Waals surface area contributed by atoms with Crippen LogP contribution in [-0.2, 0) is 0 Å². The average molecular weight is 276 g/mol. The zero-order valence-corrected chi connectivity index (χ0v) is 13.0. The fourth-order valence-corrected chi connectivity index (χ4v) is 3.37. The van der Waals surface area contributed by atoms with Crippen molar-refractivity contribution in [2.24, 2.45) is 10.9 Å². The van der Waals surface area contributed by atoms with Crippen LogP contribution in [0.2, 0.25) is 0 Å². The summed E-state index contributed by atoms with van der Waals surface area (Å²) in [6.07, 6.45) is 1.21. The molecule has 19 heavy (non-hydrogen) atoms. The summed E-state index contributed by atoms with van der Waals surface area (Å²) >= 11 is 1.91. The zero-order chi connectivity index (χ0) is 13.7. The second kappa shape index (κ2) is 6.99. The van der Waals surface area contributed by atoms with Crippen molar-refractivity contribution in [2.75, 3.05) is 18.8 Å². The Bertz CT molecular complexity index is 414. The Morgan fingerprint density at radius 2 is 1.95 bits per heavy atom. The van der Waals surface area contributed by atoms with Gasteiger partial charge in [-0.3, -0.25) is 4.99 Å². The first kappa shape index (κ1) is 14.4. The van der Waals surface area contributed by atoms with Gasteiger partial charge in [-0.15, -0.1) is 0 Å². The lowest BCUT2D eigenvalue weighted by Gasteiger charge is -2.34. The quantitative estimate of drug-likeness (QED) is 0.819. The van der Waals surface area contributed by atoms with Gasteiger partial charge in [-0.05, 0) is 24.8 Å². The Morgan fingerprint density at radius 3 is 2.53 bits per heavy atom.